The molecule has 0 spiro atoms. The lowest BCUT2D eigenvalue weighted by molar-refractivity contribution is 0.332. The molecule has 1 aromatic rings. The fourth-order valence-corrected chi connectivity index (χ4v) is 3.62. The molecule has 1 heterocycles. The van der Waals surface area contributed by atoms with Gasteiger partial charge in [-0.05, 0) is 50.4 Å². The standard InChI is InChI=1S/C18H28N2/c1-2-4-11-17(10-3-1)19-18-12-6-5-9-16(18)15-20-13-7-8-14-20/h5-6,9,12,17,19H,1-4,7-8,10-11,13-15H2. The Balaban J connectivity index is 1.65. The average Bonchev–Trinajstić information content (AvgIpc) is 2.84. The van der Waals surface area contributed by atoms with Gasteiger partial charge in [-0.25, -0.2) is 0 Å². The first-order valence-electron chi connectivity index (χ1n) is 8.48. The van der Waals surface area contributed by atoms with E-state index in [1.165, 1.54) is 75.7 Å². The molecule has 0 bridgehead atoms. The Kier molecular flexibility index (Phi) is 4.96. The van der Waals surface area contributed by atoms with Crippen molar-refractivity contribution < 1.29 is 0 Å². The summed E-state index contributed by atoms with van der Waals surface area (Å²) < 4.78 is 0. The Hall–Kier alpha value is -1.02. The van der Waals surface area contributed by atoms with Crippen LogP contribution in [0, 0.1) is 0 Å². The van der Waals surface area contributed by atoms with Gasteiger partial charge < -0.3 is 5.32 Å². The third-order valence-electron chi connectivity index (χ3n) is 4.82. The van der Waals surface area contributed by atoms with Gasteiger partial charge in [-0.3, -0.25) is 4.90 Å². The Morgan fingerprint density at radius 1 is 0.900 bits per heavy atom. The molecule has 2 aliphatic rings. The summed E-state index contributed by atoms with van der Waals surface area (Å²) in [5.41, 5.74) is 2.87. The zero-order valence-corrected chi connectivity index (χ0v) is 12.6. The first kappa shape index (κ1) is 13.9. The third-order valence-corrected chi connectivity index (χ3v) is 4.82. The summed E-state index contributed by atoms with van der Waals surface area (Å²) in [5.74, 6) is 0. The van der Waals surface area contributed by atoms with Gasteiger partial charge in [0.05, 0.1) is 0 Å². The molecule has 1 aromatic carbocycles. The summed E-state index contributed by atoms with van der Waals surface area (Å²) in [6, 6.07) is 9.63. The summed E-state index contributed by atoms with van der Waals surface area (Å²) >= 11 is 0. The van der Waals surface area contributed by atoms with Crippen LogP contribution in [0.15, 0.2) is 24.3 Å². The van der Waals surface area contributed by atoms with Crippen LogP contribution in [0.2, 0.25) is 0 Å². The number of rotatable bonds is 4. The van der Waals surface area contributed by atoms with E-state index in [9.17, 15) is 0 Å². The van der Waals surface area contributed by atoms with E-state index >= 15 is 0 Å². The lowest BCUT2D eigenvalue weighted by Crippen LogP contribution is -2.22. The molecule has 0 amide bonds. The van der Waals surface area contributed by atoms with Gasteiger partial charge >= 0.3 is 0 Å². The van der Waals surface area contributed by atoms with Crippen molar-refractivity contribution >= 4 is 5.69 Å². The van der Waals surface area contributed by atoms with Crippen LogP contribution >= 0.6 is 0 Å². The van der Waals surface area contributed by atoms with Crippen LogP contribution in [0.1, 0.15) is 56.9 Å². The predicted molar refractivity (Wildman–Crippen MR) is 86.1 cm³/mol. The van der Waals surface area contributed by atoms with Crippen LogP contribution < -0.4 is 5.32 Å². The van der Waals surface area contributed by atoms with E-state index in [2.05, 4.69) is 34.5 Å². The maximum atomic E-state index is 3.84. The van der Waals surface area contributed by atoms with E-state index in [4.69, 9.17) is 0 Å². The highest BCUT2D eigenvalue weighted by atomic mass is 15.1. The fraction of sp³-hybridized carbons (Fsp3) is 0.667. The fourth-order valence-electron chi connectivity index (χ4n) is 3.62. The molecule has 3 rings (SSSR count). The molecule has 0 aromatic heterocycles. The van der Waals surface area contributed by atoms with E-state index in [0.29, 0.717) is 6.04 Å². The summed E-state index contributed by atoms with van der Waals surface area (Å²) in [4.78, 5) is 2.59. The zero-order valence-electron chi connectivity index (χ0n) is 12.6. The van der Waals surface area contributed by atoms with Crippen LogP contribution in [0.25, 0.3) is 0 Å². The Bertz CT molecular complexity index is 402. The van der Waals surface area contributed by atoms with Crippen LogP contribution in [-0.4, -0.2) is 24.0 Å². The molecule has 0 radical (unpaired) electrons. The van der Waals surface area contributed by atoms with Crippen molar-refractivity contribution in [3.63, 3.8) is 0 Å². The van der Waals surface area contributed by atoms with Gasteiger partial charge in [-0.1, -0.05) is 43.9 Å². The topological polar surface area (TPSA) is 15.3 Å². The number of para-hydroxylation sites is 1. The quantitative estimate of drug-likeness (QED) is 0.816. The van der Waals surface area contributed by atoms with Crippen molar-refractivity contribution in [1.29, 1.82) is 0 Å². The molecule has 0 unspecified atom stereocenters. The summed E-state index contributed by atoms with van der Waals surface area (Å²) in [5, 5.41) is 3.84. The zero-order chi connectivity index (χ0) is 13.6. The SMILES string of the molecule is c1ccc(NC2CCCCCC2)c(CN2CCCC2)c1. The Morgan fingerprint density at radius 3 is 2.35 bits per heavy atom. The number of likely N-dealkylation sites (tertiary alicyclic amines) is 1. The molecule has 1 saturated carbocycles. The number of hydrogen-bond donors (Lipinski definition) is 1. The van der Waals surface area contributed by atoms with Crippen molar-refractivity contribution in [2.75, 3.05) is 18.4 Å². The average molecular weight is 272 g/mol. The molecule has 1 N–H and O–H groups in total. The smallest absolute Gasteiger partial charge is 0.0388 e. The number of nitrogens with one attached hydrogen (secondary N) is 1. The first-order chi connectivity index (χ1) is 9.92. The lowest BCUT2D eigenvalue weighted by Gasteiger charge is -2.22. The van der Waals surface area contributed by atoms with Crippen LogP contribution in [0.3, 0.4) is 0 Å². The van der Waals surface area contributed by atoms with Crippen molar-refractivity contribution in [2.24, 2.45) is 0 Å². The molecule has 1 aliphatic carbocycles. The van der Waals surface area contributed by atoms with Gasteiger partial charge in [0.15, 0.2) is 0 Å². The molecule has 110 valence electrons. The van der Waals surface area contributed by atoms with Gasteiger partial charge in [0.1, 0.15) is 0 Å². The minimum absolute atomic E-state index is 0.692. The Labute approximate surface area is 123 Å². The maximum absolute atomic E-state index is 3.84. The Morgan fingerprint density at radius 2 is 1.60 bits per heavy atom. The second-order valence-electron chi connectivity index (χ2n) is 6.47. The van der Waals surface area contributed by atoms with Crippen molar-refractivity contribution in [2.45, 2.75) is 64.0 Å². The van der Waals surface area contributed by atoms with E-state index in [1.807, 2.05) is 0 Å². The third kappa shape index (κ3) is 3.76. The predicted octanol–water partition coefficient (Wildman–Crippen LogP) is 4.42. The summed E-state index contributed by atoms with van der Waals surface area (Å²) in [6.45, 7) is 3.67. The first-order valence-corrected chi connectivity index (χ1v) is 8.48. The van der Waals surface area contributed by atoms with Crippen molar-refractivity contribution in [3.8, 4) is 0 Å². The second-order valence-corrected chi connectivity index (χ2v) is 6.47. The minimum atomic E-state index is 0.692. The largest absolute Gasteiger partial charge is 0.382 e. The minimum Gasteiger partial charge on any atom is -0.382 e. The molecular weight excluding hydrogens is 244 g/mol. The van der Waals surface area contributed by atoms with Crippen molar-refractivity contribution in [3.05, 3.63) is 29.8 Å². The second kappa shape index (κ2) is 7.12. The highest BCUT2D eigenvalue weighted by molar-refractivity contribution is 5.51. The van der Waals surface area contributed by atoms with Gasteiger partial charge in [-0.2, -0.15) is 0 Å². The maximum Gasteiger partial charge on any atom is 0.0388 e. The monoisotopic (exact) mass is 272 g/mol. The summed E-state index contributed by atoms with van der Waals surface area (Å²) in [6.07, 6.45) is 11.1. The molecule has 2 fully saturated rings. The van der Waals surface area contributed by atoms with E-state index in [1.54, 1.807) is 0 Å². The van der Waals surface area contributed by atoms with Gasteiger partial charge in [0.25, 0.3) is 0 Å². The van der Waals surface area contributed by atoms with E-state index in [0.717, 1.165) is 6.54 Å². The molecular formula is C18H28N2. The highest BCUT2D eigenvalue weighted by Crippen LogP contribution is 2.25. The number of benzene rings is 1. The summed E-state index contributed by atoms with van der Waals surface area (Å²) in [7, 11) is 0. The van der Waals surface area contributed by atoms with E-state index in [-0.39, 0.29) is 0 Å². The highest BCUT2D eigenvalue weighted by Gasteiger charge is 2.16. The normalized spacial score (nSPS) is 21.8. The number of nitrogens with zero attached hydrogens (tertiary/aromatic N) is 1. The number of anilines is 1. The molecule has 1 aliphatic heterocycles. The van der Waals surface area contributed by atoms with Crippen molar-refractivity contribution in [1.82, 2.24) is 4.90 Å². The van der Waals surface area contributed by atoms with Gasteiger partial charge in [0, 0.05) is 18.3 Å². The van der Waals surface area contributed by atoms with Crippen LogP contribution in [0.4, 0.5) is 5.69 Å². The van der Waals surface area contributed by atoms with Crippen LogP contribution in [-0.2, 0) is 6.54 Å². The molecule has 2 nitrogen and oxygen atoms in total. The molecule has 1 saturated heterocycles. The van der Waals surface area contributed by atoms with Crippen LogP contribution in [0.5, 0.6) is 0 Å². The molecule has 0 atom stereocenters. The van der Waals surface area contributed by atoms with Gasteiger partial charge in [-0.15, -0.1) is 0 Å². The molecule has 2 heteroatoms. The van der Waals surface area contributed by atoms with Gasteiger partial charge in [0.2, 0.25) is 0 Å². The molecule has 20 heavy (non-hydrogen) atoms. The van der Waals surface area contributed by atoms with E-state index < -0.39 is 0 Å². The number of hydrogen-bond acceptors (Lipinski definition) is 2. The lowest BCUT2D eigenvalue weighted by atomic mass is 10.1.